The van der Waals surface area contributed by atoms with Gasteiger partial charge in [0.2, 0.25) is 0 Å². The summed E-state index contributed by atoms with van der Waals surface area (Å²) in [4.78, 5) is 16.7. The van der Waals surface area contributed by atoms with E-state index in [0.29, 0.717) is 4.88 Å². The Hall–Kier alpha value is -1.55. The van der Waals surface area contributed by atoms with Crippen molar-refractivity contribution in [2.45, 2.75) is 20.3 Å². The average Bonchev–Trinajstić information content (AvgIpc) is 2.70. The number of ketones is 1. The van der Waals surface area contributed by atoms with Crippen LogP contribution in [0, 0.1) is 19.7 Å². The van der Waals surface area contributed by atoms with Gasteiger partial charge in [-0.2, -0.15) is 0 Å². The maximum absolute atomic E-state index is 13.1. The van der Waals surface area contributed by atoms with Crippen LogP contribution in [0.3, 0.4) is 0 Å². The van der Waals surface area contributed by atoms with Crippen LogP contribution in [0.1, 0.15) is 26.5 Å². The van der Waals surface area contributed by atoms with Gasteiger partial charge in [0.25, 0.3) is 0 Å². The van der Waals surface area contributed by atoms with Crippen LogP contribution in [0.5, 0.6) is 0 Å². The number of aryl methyl sites for hydroxylation is 2. The molecule has 1 heterocycles. The first-order valence-corrected chi connectivity index (χ1v) is 6.14. The molecule has 0 fully saturated rings. The van der Waals surface area contributed by atoms with Crippen molar-refractivity contribution in [3.05, 3.63) is 51.2 Å². The highest BCUT2D eigenvalue weighted by atomic mass is 32.1. The number of carbonyl (C=O) groups is 1. The van der Waals surface area contributed by atoms with Crippen LogP contribution in [-0.4, -0.2) is 10.8 Å². The minimum atomic E-state index is -0.306. The van der Waals surface area contributed by atoms with Crippen LogP contribution in [0.15, 0.2) is 23.7 Å². The zero-order valence-electron chi connectivity index (χ0n) is 9.66. The molecule has 0 N–H and O–H groups in total. The maximum atomic E-state index is 13.1. The summed E-state index contributed by atoms with van der Waals surface area (Å²) >= 11 is 1.33. The molecular weight excluding hydrogens is 237 g/mol. The van der Waals surface area contributed by atoms with Gasteiger partial charge < -0.3 is 0 Å². The van der Waals surface area contributed by atoms with Gasteiger partial charge in [0, 0.05) is 6.42 Å². The van der Waals surface area contributed by atoms with Crippen molar-refractivity contribution in [1.29, 1.82) is 0 Å². The maximum Gasteiger partial charge on any atom is 0.179 e. The molecule has 0 radical (unpaired) electrons. The molecule has 0 aliphatic rings. The van der Waals surface area contributed by atoms with E-state index in [1.165, 1.54) is 23.5 Å². The summed E-state index contributed by atoms with van der Waals surface area (Å²) in [7, 11) is 0. The predicted molar refractivity (Wildman–Crippen MR) is 66.0 cm³/mol. The Morgan fingerprint density at radius 3 is 2.82 bits per heavy atom. The second-order valence-electron chi connectivity index (χ2n) is 3.94. The molecule has 88 valence electrons. The Labute approximate surface area is 103 Å². The minimum absolute atomic E-state index is 0.00120. The molecule has 0 spiro atoms. The highest BCUT2D eigenvalue weighted by molar-refractivity contribution is 7.11. The van der Waals surface area contributed by atoms with Crippen molar-refractivity contribution in [3.63, 3.8) is 0 Å². The number of Topliss-reactive ketones (excluding diaryl/α,β-unsaturated/α-hetero) is 1. The lowest BCUT2D eigenvalue weighted by molar-refractivity contribution is 0.0996. The molecule has 0 atom stereocenters. The van der Waals surface area contributed by atoms with E-state index in [0.717, 1.165) is 16.8 Å². The predicted octanol–water partition coefficient (Wildman–Crippen LogP) is 3.32. The normalized spacial score (nSPS) is 10.5. The molecule has 2 aromatic rings. The number of benzene rings is 1. The van der Waals surface area contributed by atoms with E-state index in [1.807, 2.05) is 13.8 Å². The van der Waals surface area contributed by atoms with Gasteiger partial charge in [-0.05, 0) is 37.1 Å². The third kappa shape index (κ3) is 2.58. The van der Waals surface area contributed by atoms with Crippen LogP contribution in [0.2, 0.25) is 0 Å². The SMILES string of the molecule is Cc1ccc(F)cc1CC(=O)c1scnc1C. The smallest absolute Gasteiger partial charge is 0.179 e. The highest BCUT2D eigenvalue weighted by Crippen LogP contribution is 2.18. The lowest BCUT2D eigenvalue weighted by Crippen LogP contribution is -2.05. The van der Waals surface area contributed by atoms with E-state index in [-0.39, 0.29) is 18.0 Å². The second-order valence-corrected chi connectivity index (χ2v) is 4.79. The summed E-state index contributed by atoms with van der Waals surface area (Å²) in [6.07, 6.45) is 0.229. The van der Waals surface area contributed by atoms with E-state index < -0.39 is 0 Å². The van der Waals surface area contributed by atoms with Crippen molar-refractivity contribution in [3.8, 4) is 0 Å². The number of hydrogen-bond donors (Lipinski definition) is 0. The van der Waals surface area contributed by atoms with E-state index in [4.69, 9.17) is 0 Å². The number of rotatable bonds is 3. The Kier molecular flexibility index (Phi) is 3.33. The second kappa shape index (κ2) is 4.75. The van der Waals surface area contributed by atoms with Crippen molar-refractivity contribution in [2.24, 2.45) is 0 Å². The standard InChI is InChI=1S/C13H12FNOS/c1-8-3-4-11(14)5-10(8)6-12(16)13-9(2)15-7-17-13/h3-5,7H,6H2,1-2H3. The number of aromatic nitrogens is 1. The Morgan fingerprint density at radius 2 is 2.18 bits per heavy atom. The van der Waals surface area contributed by atoms with Crippen molar-refractivity contribution >= 4 is 17.1 Å². The van der Waals surface area contributed by atoms with Crippen LogP contribution < -0.4 is 0 Å². The zero-order chi connectivity index (χ0) is 12.4. The Bertz CT molecular complexity index is 562. The van der Waals surface area contributed by atoms with Crippen molar-refractivity contribution in [2.75, 3.05) is 0 Å². The lowest BCUT2D eigenvalue weighted by atomic mass is 10.0. The molecule has 0 aliphatic heterocycles. The number of thiazole rings is 1. The van der Waals surface area contributed by atoms with Gasteiger partial charge in [-0.15, -0.1) is 11.3 Å². The quantitative estimate of drug-likeness (QED) is 0.781. The molecule has 2 nitrogen and oxygen atoms in total. The monoisotopic (exact) mass is 249 g/mol. The fraction of sp³-hybridized carbons (Fsp3) is 0.231. The van der Waals surface area contributed by atoms with Gasteiger partial charge >= 0.3 is 0 Å². The highest BCUT2D eigenvalue weighted by Gasteiger charge is 2.13. The third-order valence-corrected chi connectivity index (χ3v) is 3.63. The summed E-state index contributed by atoms with van der Waals surface area (Å²) in [5.74, 6) is -0.307. The molecular formula is C13H12FNOS. The largest absolute Gasteiger partial charge is 0.293 e. The molecule has 1 aromatic carbocycles. The molecule has 2 rings (SSSR count). The van der Waals surface area contributed by atoms with Gasteiger partial charge in [-0.1, -0.05) is 6.07 Å². The first kappa shape index (κ1) is 11.9. The lowest BCUT2D eigenvalue weighted by Gasteiger charge is -2.04. The molecule has 0 amide bonds. The first-order chi connectivity index (χ1) is 8.08. The molecule has 17 heavy (non-hydrogen) atoms. The Morgan fingerprint density at radius 1 is 1.41 bits per heavy atom. The molecule has 0 unspecified atom stereocenters. The van der Waals surface area contributed by atoms with E-state index in [1.54, 1.807) is 11.6 Å². The van der Waals surface area contributed by atoms with Gasteiger partial charge in [0.1, 0.15) is 5.82 Å². The fourth-order valence-corrected chi connectivity index (χ4v) is 2.40. The molecule has 1 aromatic heterocycles. The summed E-state index contributed by atoms with van der Waals surface area (Å²) in [6.45, 7) is 3.68. The molecule has 4 heteroatoms. The minimum Gasteiger partial charge on any atom is -0.293 e. The van der Waals surface area contributed by atoms with Gasteiger partial charge in [-0.25, -0.2) is 9.37 Å². The van der Waals surface area contributed by atoms with Gasteiger partial charge in [0.05, 0.1) is 16.1 Å². The number of halogens is 1. The summed E-state index contributed by atoms with van der Waals surface area (Å²) < 4.78 is 13.1. The first-order valence-electron chi connectivity index (χ1n) is 5.26. The average molecular weight is 249 g/mol. The summed E-state index contributed by atoms with van der Waals surface area (Å²) in [5, 5.41) is 0. The summed E-state index contributed by atoms with van der Waals surface area (Å²) in [6, 6.07) is 4.52. The molecule has 0 saturated carbocycles. The van der Waals surface area contributed by atoms with Gasteiger partial charge in [-0.3, -0.25) is 4.79 Å². The van der Waals surface area contributed by atoms with Crippen LogP contribution >= 0.6 is 11.3 Å². The van der Waals surface area contributed by atoms with Gasteiger partial charge in [0.15, 0.2) is 5.78 Å². The molecule has 0 saturated heterocycles. The third-order valence-electron chi connectivity index (χ3n) is 2.66. The van der Waals surface area contributed by atoms with Crippen molar-refractivity contribution in [1.82, 2.24) is 4.98 Å². The topological polar surface area (TPSA) is 30.0 Å². The fourth-order valence-electron chi connectivity index (χ4n) is 1.65. The van der Waals surface area contributed by atoms with E-state index >= 15 is 0 Å². The zero-order valence-corrected chi connectivity index (χ0v) is 10.5. The van der Waals surface area contributed by atoms with Crippen LogP contribution in [0.4, 0.5) is 4.39 Å². The number of nitrogens with zero attached hydrogens (tertiary/aromatic N) is 1. The van der Waals surface area contributed by atoms with E-state index in [9.17, 15) is 9.18 Å². The van der Waals surface area contributed by atoms with E-state index in [2.05, 4.69) is 4.98 Å². The summed E-state index contributed by atoms with van der Waals surface area (Å²) in [5.41, 5.74) is 4.07. The number of hydrogen-bond acceptors (Lipinski definition) is 3. The van der Waals surface area contributed by atoms with Crippen LogP contribution in [-0.2, 0) is 6.42 Å². The molecule has 0 bridgehead atoms. The Balaban J connectivity index is 2.24. The number of carbonyl (C=O) groups excluding carboxylic acids is 1. The van der Waals surface area contributed by atoms with Crippen LogP contribution in [0.25, 0.3) is 0 Å². The van der Waals surface area contributed by atoms with Crippen molar-refractivity contribution < 1.29 is 9.18 Å². The molecule has 0 aliphatic carbocycles.